The van der Waals surface area contributed by atoms with Crippen LogP contribution in [0.2, 0.25) is 0 Å². The number of rotatable bonds is 4. The normalized spacial score (nSPS) is 18.5. The van der Waals surface area contributed by atoms with Gasteiger partial charge in [-0.25, -0.2) is 8.42 Å². The topological polar surface area (TPSA) is 66.4 Å². The Labute approximate surface area is 167 Å². The molecule has 1 aliphatic carbocycles. The van der Waals surface area contributed by atoms with E-state index in [0.29, 0.717) is 37.0 Å². The van der Waals surface area contributed by atoms with Crippen molar-refractivity contribution in [1.82, 2.24) is 14.5 Å². The fourth-order valence-corrected chi connectivity index (χ4v) is 5.95. The molecule has 1 saturated carbocycles. The summed E-state index contributed by atoms with van der Waals surface area (Å²) in [5, 5.41) is 8.72. The molecule has 0 amide bonds. The number of piperazine rings is 1. The largest absolute Gasteiger partial charge is 0.352 e. The Morgan fingerprint density at radius 2 is 1.50 bits per heavy atom. The van der Waals surface area contributed by atoms with Crippen molar-refractivity contribution in [2.45, 2.75) is 51.3 Å². The van der Waals surface area contributed by atoms with Crippen molar-refractivity contribution in [1.29, 1.82) is 0 Å². The second kappa shape index (κ2) is 7.12. The highest BCUT2D eigenvalue weighted by Gasteiger charge is 2.32. The molecule has 0 N–H and O–H groups in total. The van der Waals surface area contributed by atoms with Gasteiger partial charge in [0.15, 0.2) is 5.82 Å². The van der Waals surface area contributed by atoms with Crippen molar-refractivity contribution in [3.05, 3.63) is 46.1 Å². The van der Waals surface area contributed by atoms with Crippen LogP contribution in [0.5, 0.6) is 0 Å². The molecule has 7 heteroatoms. The molecule has 2 fully saturated rings. The number of anilines is 1. The van der Waals surface area contributed by atoms with Gasteiger partial charge < -0.3 is 4.90 Å². The first-order chi connectivity index (χ1) is 13.3. The van der Waals surface area contributed by atoms with Crippen molar-refractivity contribution in [2.24, 2.45) is 0 Å². The average molecular weight is 401 g/mol. The lowest BCUT2D eigenvalue weighted by molar-refractivity contribution is 0.383. The van der Waals surface area contributed by atoms with Gasteiger partial charge in [-0.15, -0.1) is 5.10 Å². The van der Waals surface area contributed by atoms with Gasteiger partial charge in [-0.1, -0.05) is 6.07 Å². The maximum Gasteiger partial charge on any atom is 0.243 e. The molecule has 6 nitrogen and oxygen atoms in total. The summed E-state index contributed by atoms with van der Waals surface area (Å²) in [5.74, 6) is 1.42. The number of benzene rings is 1. The van der Waals surface area contributed by atoms with Crippen LogP contribution in [-0.2, 0) is 10.0 Å². The molecule has 2 heterocycles. The number of hydrogen-bond donors (Lipinski definition) is 0. The molecular formula is C21H28N4O2S. The molecule has 1 aromatic carbocycles. The quantitative estimate of drug-likeness (QED) is 0.789. The van der Waals surface area contributed by atoms with E-state index in [1.54, 1.807) is 4.31 Å². The van der Waals surface area contributed by atoms with Crippen LogP contribution in [-0.4, -0.2) is 49.1 Å². The van der Waals surface area contributed by atoms with Gasteiger partial charge in [-0.2, -0.15) is 9.40 Å². The predicted octanol–water partition coefficient (Wildman–Crippen LogP) is 3.10. The summed E-state index contributed by atoms with van der Waals surface area (Å²) >= 11 is 0. The molecule has 1 aromatic heterocycles. The van der Waals surface area contributed by atoms with Gasteiger partial charge in [0, 0.05) is 32.1 Å². The maximum atomic E-state index is 13.4. The van der Waals surface area contributed by atoms with E-state index in [1.807, 2.05) is 33.8 Å². The van der Waals surface area contributed by atoms with Gasteiger partial charge in [0.25, 0.3) is 0 Å². The monoisotopic (exact) mass is 400 g/mol. The summed E-state index contributed by atoms with van der Waals surface area (Å²) in [4.78, 5) is 2.60. The summed E-state index contributed by atoms with van der Waals surface area (Å²) in [6.07, 6.45) is 2.42. The summed E-state index contributed by atoms with van der Waals surface area (Å²) in [6, 6.07) is 6.14. The number of aromatic nitrogens is 2. The lowest BCUT2D eigenvalue weighted by atomic mass is 10.0. The van der Waals surface area contributed by atoms with Crippen molar-refractivity contribution in [3.63, 3.8) is 0 Å². The van der Waals surface area contributed by atoms with Crippen LogP contribution >= 0.6 is 0 Å². The molecule has 2 aromatic rings. The Morgan fingerprint density at radius 3 is 2.00 bits per heavy atom. The van der Waals surface area contributed by atoms with E-state index in [0.717, 1.165) is 33.8 Å². The molecule has 2 aliphatic rings. The molecule has 28 heavy (non-hydrogen) atoms. The zero-order valence-corrected chi connectivity index (χ0v) is 17.9. The zero-order valence-electron chi connectivity index (χ0n) is 17.1. The standard InChI is InChI=1S/C21H28N4O2S/c1-14-13-15(2)17(4)21(16(14)3)28(26,27)25-11-9-24(10-12-25)20-8-7-19(22-23-20)18-5-6-18/h7-8,13,18H,5-6,9-12H2,1-4H3. The van der Waals surface area contributed by atoms with E-state index >= 15 is 0 Å². The molecule has 1 aliphatic heterocycles. The van der Waals surface area contributed by atoms with Gasteiger partial charge in [0.2, 0.25) is 10.0 Å². The smallest absolute Gasteiger partial charge is 0.243 e. The SMILES string of the molecule is Cc1cc(C)c(C)c(S(=O)(=O)N2CCN(c3ccc(C4CC4)nn3)CC2)c1C. The molecule has 0 atom stereocenters. The predicted molar refractivity (Wildman–Crippen MR) is 110 cm³/mol. The van der Waals surface area contributed by atoms with Crippen LogP contribution in [0.4, 0.5) is 5.82 Å². The molecule has 1 saturated heterocycles. The Hall–Kier alpha value is -1.99. The third kappa shape index (κ3) is 3.42. The highest BCUT2D eigenvalue weighted by atomic mass is 32.2. The lowest BCUT2D eigenvalue weighted by Gasteiger charge is -2.35. The van der Waals surface area contributed by atoms with Crippen LogP contribution in [0.1, 0.15) is 46.7 Å². The number of aryl methyl sites for hydroxylation is 2. The highest BCUT2D eigenvalue weighted by molar-refractivity contribution is 7.89. The third-order valence-corrected chi connectivity index (χ3v) is 8.30. The van der Waals surface area contributed by atoms with Crippen molar-refractivity contribution in [3.8, 4) is 0 Å². The van der Waals surface area contributed by atoms with E-state index in [4.69, 9.17) is 0 Å². The Bertz CT molecular complexity index is 964. The van der Waals surface area contributed by atoms with Gasteiger partial charge in [-0.05, 0) is 74.9 Å². The van der Waals surface area contributed by atoms with Gasteiger partial charge in [0.1, 0.15) is 0 Å². The minimum atomic E-state index is -3.51. The fourth-order valence-electron chi connectivity index (χ4n) is 3.96. The van der Waals surface area contributed by atoms with Crippen LogP contribution in [0.15, 0.2) is 23.1 Å². The van der Waals surface area contributed by atoms with Crippen LogP contribution in [0, 0.1) is 27.7 Å². The van der Waals surface area contributed by atoms with Crippen LogP contribution in [0.3, 0.4) is 0 Å². The Balaban J connectivity index is 1.51. The van der Waals surface area contributed by atoms with Gasteiger partial charge >= 0.3 is 0 Å². The summed E-state index contributed by atoms with van der Waals surface area (Å²) in [6.45, 7) is 9.93. The number of nitrogens with zero attached hydrogens (tertiary/aromatic N) is 4. The summed E-state index contributed by atoms with van der Waals surface area (Å²) in [5.41, 5.74) is 4.82. The van der Waals surface area contributed by atoms with E-state index in [-0.39, 0.29) is 0 Å². The summed E-state index contributed by atoms with van der Waals surface area (Å²) < 4.78 is 28.4. The lowest BCUT2D eigenvalue weighted by Crippen LogP contribution is -2.49. The van der Waals surface area contributed by atoms with Gasteiger partial charge in [0.05, 0.1) is 10.6 Å². The van der Waals surface area contributed by atoms with Gasteiger partial charge in [-0.3, -0.25) is 0 Å². The minimum absolute atomic E-state index is 0.459. The molecule has 0 bridgehead atoms. The van der Waals surface area contributed by atoms with Crippen LogP contribution in [0.25, 0.3) is 0 Å². The summed E-state index contributed by atoms with van der Waals surface area (Å²) in [7, 11) is -3.51. The number of sulfonamides is 1. The van der Waals surface area contributed by atoms with Crippen molar-refractivity contribution >= 4 is 15.8 Å². The average Bonchev–Trinajstić information content (AvgIpc) is 3.52. The number of hydrogen-bond acceptors (Lipinski definition) is 5. The van der Waals surface area contributed by atoms with E-state index in [2.05, 4.69) is 27.2 Å². The molecular weight excluding hydrogens is 372 g/mol. The zero-order chi connectivity index (χ0) is 20.1. The van der Waals surface area contributed by atoms with Crippen molar-refractivity contribution in [2.75, 3.05) is 31.1 Å². The third-order valence-electron chi connectivity index (χ3n) is 6.12. The fraction of sp³-hybridized carbons (Fsp3) is 0.524. The molecule has 4 rings (SSSR count). The first kappa shape index (κ1) is 19.3. The molecule has 150 valence electrons. The van der Waals surface area contributed by atoms with E-state index in [9.17, 15) is 8.42 Å². The minimum Gasteiger partial charge on any atom is -0.352 e. The Morgan fingerprint density at radius 1 is 0.893 bits per heavy atom. The Kier molecular flexibility index (Phi) is 4.91. The molecule has 0 radical (unpaired) electrons. The molecule has 0 unspecified atom stereocenters. The highest BCUT2D eigenvalue weighted by Crippen LogP contribution is 2.38. The van der Waals surface area contributed by atoms with Crippen molar-refractivity contribution < 1.29 is 8.42 Å². The second-order valence-electron chi connectivity index (χ2n) is 8.07. The maximum absolute atomic E-state index is 13.4. The first-order valence-corrected chi connectivity index (χ1v) is 11.4. The molecule has 0 spiro atoms. The van der Waals surface area contributed by atoms with E-state index < -0.39 is 10.0 Å². The first-order valence-electron chi connectivity index (χ1n) is 9.95. The van der Waals surface area contributed by atoms with Crippen LogP contribution < -0.4 is 4.90 Å². The second-order valence-corrected chi connectivity index (χ2v) is 9.95. The van der Waals surface area contributed by atoms with E-state index in [1.165, 1.54) is 12.8 Å².